The van der Waals surface area contributed by atoms with Crippen LogP contribution < -0.4 is 0 Å². The van der Waals surface area contributed by atoms with Gasteiger partial charge in [-0.3, -0.25) is 9.69 Å². The lowest BCUT2D eigenvalue weighted by Crippen LogP contribution is -2.49. The van der Waals surface area contributed by atoms with Gasteiger partial charge in [-0.25, -0.2) is 0 Å². The molecule has 1 N–H and O–H groups in total. The van der Waals surface area contributed by atoms with E-state index in [2.05, 4.69) is 41.1 Å². The van der Waals surface area contributed by atoms with E-state index in [9.17, 15) is 4.79 Å². The normalized spacial score (nSPS) is 27.5. The van der Waals surface area contributed by atoms with E-state index < -0.39 is 0 Å². The Morgan fingerprint density at radius 2 is 2.22 bits per heavy atom. The van der Waals surface area contributed by atoms with Crippen molar-refractivity contribution < 1.29 is 9.53 Å². The second-order valence-corrected chi connectivity index (χ2v) is 6.89. The molecule has 0 amide bonds. The summed E-state index contributed by atoms with van der Waals surface area (Å²) in [5.74, 6) is 0.455. The number of piperidine rings is 1. The average molecular weight is 312 g/mol. The monoisotopic (exact) mass is 312 g/mol. The van der Waals surface area contributed by atoms with Crippen molar-refractivity contribution in [3.05, 3.63) is 35.5 Å². The largest absolute Gasteiger partial charge is 0.469 e. The quantitative estimate of drug-likeness (QED) is 0.866. The van der Waals surface area contributed by atoms with Gasteiger partial charge in [-0.15, -0.1) is 0 Å². The number of hydrogen-bond acceptors (Lipinski definition) is 3. The van der Waals surface area contributed by atoms with Gasteiger partial charge in [0, 0.05) is 29.7 Å². The van der Waals surface area contributed by atoms with Crippen molar-refractivity contribution in [1.29, 1.82) is 0 Å². The fourth-order valence-electron chi connectivity index (χ4n) is 4.55. The zero-order valence-corrected chi connectivity index (χ0v) is 13.8. The van der Waals surface area contributed by atoms with E-state index in [4.69, 9.17) is 4.74 Å². The number of benzene rings is 1. The predicted octanol–water partition coefficient (Wildman–Crippen LogP) is 3.29. The van der Waals surface area contributed by atoms with Gasteiger partial charge in [-0.1, -0.05) is 31.5 Å². The molecule has 0 unspecified atom stereocenters. The standard InChI is InChI=1S/C19H24N2O2/c1-3-12-10-15(19(22)23-2)18-17-14(8-9-21(18)11-12)13-6-4-5-7-16(13)20-17/h4-7,12,15,18,20H,3,8-11H2,1-2H3/t12-,15+,18-/m1/s1. The van der Waals surface area contributed by atoms with Crippen molar-refractivity contribution in [2.24, 2.45) is 11.8 Å². The van der Waals surface area contributed by atoms with Crippen LogP contribution in [0.3, 0.4) is 0 Å². The van der Waals surface area contributed by atoms with Crippen LogP contribution in [-0.4, -0.2) is 36.1 Å². The lowest BCUT2D eigenvalue weighted by molar-refractivity contribution is -0.151. The van der Waals surface area contributed by atoms with E-state index in [1.165, 1.54) is 29.3 Å². The number of esters is 1. The minimum absolute atomic E-state index is 0.0641. The molecule has 1 fully saturated rings. The number of aromatic nitrogens is 1. The Balaban J connectivity index is 1.81. The molecule has 0 radical (unpaired) electrons. The van der Waals surface area contributed by atoms with E-state index in [-0.39, 0.29) is 17.9 Å². The van der Waals surface area contributed by atoms with Crippen LogP contribution in [0.25, 0.3) is 10.9 Å². The third-order valence-corrected chi connectivity index (χ3v) is 5.73. The van der Waals surface area contributed by atoms with E-state index in [1.54, 1.807) is 0 Å². The topological polar surface area (TPSA) is 45.3 Å². The summed E-state index contributed by atoms with van der Waals surface area (Å²) in [4.78, 5) is 18.6. The lowest BCUT2D eigenvalue weighted by Gasteiger charge is -2.45. The maximum atomic E-state index is 12.4. The minimum Gasteiger partial charge on any atom is -0.469 e. The van der Waals surface area contributed by atoms with Gasteiger partial charge in [0.1, 0.15) is 0 Å². The number of ether oxygens (including phenoxy) is 1. The third kappa shape index (κ3) is 2.27. The molecule has 23 heavy (non-hydrogen) atoms. The number of H-pyrrole nitrogens is 1. The summed E-state index contributed by atoms with van der Waals surface area (Å²) in [5, 5.41) is 1.31. The summed E-state index contributed by atoms with van der Waals surface area (Å²) < 4.78 is 5.14. The molecule has 1 aromatic heterocycles. The van der Waals surface area contributed by atoms with E-state index >= 15 is 0 Å². The number of carbonyl (C=O) groups is 1. The molecule has 3 atom stereocenters. The number of rotatable bonds is 2. The summed E-state index contributed by atoms with van der Waals surface area (Å²) >= 11 is 0. The van der Waals surface area contributed by atoms with Crippen molar-refractivity contribution in [3.8, 4) is 0 Å². The third-order valence-electron chi connectivity index (χ3n) is 5.73. The van der Waals surface area contributed by atoms with Crippen molar-refractivity contribution in [2.45, 2.75) is 32.2 Å². The number of nitrogens with zero attached hydrogens (tertiary/aromatic N) is 1. The fourth-order valence-corrected chi connectivity index (χ4v) is 4.55. The first-order valence-electron chi connectivity index (χ1n) is 8.64. The van der Waals surface area contributed by atoms with Crippen molar-refractivity contribution in [1.82, 2.24) is 9.88 Å². The first-order valence-corrected chi connectivity index (χ1v) is 8.64. The molecule has 3 heterocycles. The Bertz CT molecular complexity index is 736. The lowest BCUT2D eigenvalue weighted by atomic mass is 9.77. The molecule has 4 nitrogen and oxygen atoms in total. The fraction of sp³-hybridized carbons (Fsp3) is 0.526. The maximum Gasteiger partial charge on any atom is 0.310 e. The molecular weight excluding hydrogens is 288 g/mol. The van der Waals surface area contributed by atoms with E-state index in [1.807, 2.05) is 0 Å². The van der Waals surface area contributed by atoms with Crippen LogP contribution in [0.2, 0.25) is 0 Å². The number of carbonyl (C=O) groups excluding carboxylic acids is 1. The summed E-state index contributed by atoms with van der Waals surface area (Å²) in [5.41, 5.74) is 3.81. The molecule has 0 saturated carbocycles. The summed E-state index contributed by atoms with van der Waals surface area (Å²) in [6.07, 6.45) is 3.11. The van der Waals surface area contributed by atoms with Gasteiger partial charge in [-0.2, -0.15) is 0 Å². The molecule has 4 heteroatoms. The second kappa shape index (κ2) is 5.68. The molecule has 2 aromatic rings. The Morgan fingerprint density at radius 1 is 1.39 bits per heavy atom. The molecule has 2 aliphatic heterocycles. The van der Waals surface area contributed by atoms with Gasteiger partial charge in [0.2, 0.25) is 0 Å². The van der Waals surface area contributed by atoms with Crippen molar-refractivity contribution in [3.63, 3.8) is 0 Å². The molecule has 1 saturated heterocycles. The van der Waals surface area contributed by atoms with Gasteiger partial charge >= 0.3 is 5.97 Å². The number of methoxy groups -OCH3 is 1. The number of aromatic amines is 1. The zero-order valence-electron chi connectivity index (χ0n) is 13.8. The molecule has 1 aromatic carbocycles. The molecular formula is C19H24N2O2. The Hall–Kier alpha value is -1.81. The Morgan fingerprint density at radius 3 is 3.00 bits per heavy atom. The van der Waals surface area contributed by atoms with Crippen LogP contribution in [0, 0.1) is 11.8 Å². The van der Waals surface area contributed by atoms with Gasteiger partial charge in [0.05, 0.1) is 19.1 Å². The molecule has 2 aliphatic rings. The summed E-state index contributed by atoms with van der Waals surface area (Å²) in [6.45, 7) is 4.34. The van der Waals surface area contributed by atoms with Crippen LogP contribution in [0.4, 0.5) is 0 Å². The van der Waals surface area contributed by atoms with Crippen LogP contribution >= 0.6 is 0 Å². The smallest absolute Gasteiger partial charge is 0.310 e. The average Bonchev–Trinajstić information content (AvgIpc) is 2.98. The molecule has 4 rings (SSSR count). The highest BCUT2D eigenvalue weighted by Crippen LogP contribution is 2.44. The maximum absolute atomic E-state index is 12.4. The molecule has 0 bridgehead atoms. The van der Waals surface area contributed by atoms with Gasteiger partial charge in [0.15, 0.2) is 0 Å². The molecule has 0 aliphatic carbocycles. The number of hydrogen-bond donors (Lipinski definition) is 1. The first kappa shape index (κ1) is 14.8. The second-order valence-electron chi connectivity index (χ2n) is 6.89. The minimum atomic E-state index is -0.0651. The Labute approximate surface area is 136 Å². The SMILES string of the molecule is CC[C@@H]1C[C@H](C(=O)OC)[C@@H]2c3[nH]c4ccccc4c3CCN2C1. The van der Waals surface area contributed by atoms with E-state index in [0.29, 0.717) is 5.92 Å². The Kier molecular flexibility index (Phi) is 3.64. The summed E-state index contributed by atoms with van der Waals surface area (Å²) in [7, 11) is 1.51. The number of para-hydroxylation sites is 1. The number of fused-ring (bicyclic) bond motifs is 5. The highest BCUT2D eigenvalue weighted by Gasteiger charge is 2.44. The van der Waals surface area contributed by atoms with Crippen molar-refractivity contribution in [2.75, 3.05) is 20.2 Å². The van der Waals surface area contributed by atoms with Crippen LogP contribution in [0.15, 0.2) is 24.3 Å². The van der Waals surface area contributed by atoms with Gasteiger partial charge < -0.3 is 9.72 Å². The predicted molar refractivity (Wildman–Crippen MR) is 90.2 cm³/mol. The van der Waals surface area contributed by atoms with Crippen LogP contribution in [0.5, 0.6) is 0 Å². The summed E-state index contributed by atoms with van der Waals surface area (Å²) in [6, 6.07) is 8.61. The number of nitrogens with one attached hydrogen (secondary N) is 1. The van der Waals surface area contributed by atoms with Crippen LogP contribution in [-0.2, 0) is 16.0 Å². The first-order chi connectivity index (χ1) is 11.2. The van der Waals surface area contributed by atoms with E-state index in [0.717, 1.165) is 32.4 Å². The molecule has 0 spiro atoms. The zero-order chi connectivity index (χ0) is 16.0. The highest BCUT2D eigenvalue weighted by atomic mass is 16.5. The highest BCUT2D eigenvalue weighted by molar-refractivity contribution is 5.85. The van der Waals surface area contributed by atoms with Crippen LogP contribution in [0.1, 0.15) is 37.1 Å². The van der Waals surface area contributed by atoms with Crippen molar-refractivity contribution >= 4 is 16.9 Å². The molecule has 122 valence electrons. The van der Waals surface area contributed by atoms with Gasteiger partial charge in [-0.05, 0) is 30.4 Å². The van der Waals surface area contributed by atoms with Gasteiger partial charge in [0.25, 0.3) is 0 Å².